The first-order valence-corrected chi connectivity index (χ1v) is 14.0. The Morgan fingerprint density at radius 3 is 2.05 bits per heavy atom. The molecule has 0 saturated carbocycles. The lowest BCUT2D eigenvalue weighted by atomic mass is 10.0. The van der Waals surface area contributed by atoms with Gasteiger partial charge in [-0.05, 0) is 36.2 Å². The molecule has 0 aromatic heterocycles. The van der Waals surface area contributed by atoms with Gasteiger partial charge in [-0.1, -0.05) is 78.3 Å². The maximum atomic E-state index is 14.0. The fraction of sp³-hybridized carbons (Fsp3) is 0.286. The van der Waals surface area contributed by atoms with Crippen LogP contribution in [0.15, 0.2) is 84.9 Å². The van der Waals surface area contributed by atoms with Crippen LogP contribution in [0.5, 0.6) is 0 Å². The molecular formula is C28H33ClN4O4S. The lowest BCUT2D eigenvalue weighted by Gasteiger charge is -2.34. The van der Waals surface area contributed by atoms with Gasteiger partial charge in [-0.2, -0.15) is 12.7 Å². The molecule has 8 nitrogen and oxygen atoms in total. The Morgan fingerprint density at radius 1 is 0.895 bits per heavy atom. The number of para-hydroxylation sites is 1. The monoisotopic (exact) mass is 556 g/mol. The average Bonchev–Trinajstić information content (AvgIpc) is 2.91. The quantitative estimate of drug-likeness (QED) is 0.368. The molecule has 1 N–H and O–H groups in total. The van der Waals surface area contributed by atoms with Gasteiger partial charge in [0.15, 0.2) is 0 Å². The Balaban J connectivity index is 2.07. The number of hydrogen-bond donors (Lipinski definition) is 1. The van der Waals surface area contributed by atoms with Gasteiger partial charge in [-0.15, -0.1) is 0 Å². The van der Waals surface area contributed by atoms with Gasteiger partial charge in [0, 0.05) is 38.6 Å². The van der Waals surface area contributed by atoms with Gasteiger partial charge in [0.05, 0.1) is 5.69 Å². The first-order chi connectivity index (χ1) is 18.1. The van der Waals surface area contributed by atoms with Crippen molar-refractivity contribution in [2.24, 2.45) is 0 Å². The van der Waals surface area contributed by atoms with E-state index in [0.29, 0.717) is 22.8 Å². The zero-order valence-corrected chi connectivity index (χ0v) is 23.3. The number of amides is 2. The van der Waals surface area contributed by atoms with Crippen LogP contribution in [0.4, 0.5) is 5.69 Å². The Labute approximate surface area is 230 Å². The van der Waals surface area contributed by atoms with E-state index in [-0.39, 0.29) is 18.9 Å². The number of nitrogens with zero attached hydrogens (tertiary/aromatic N) is 3. The summed E-state index contributed by atoms with van der Waals surface area (Å²) in [6, 6.07) is 24.0. The topological polar surface area (TPSA) is 90.0 Å². The number of carbonyl (C=O) groups is 2. The highest BCUT2D eigenvalue weighted by Crippen LogP contribution is 2.23. The van der Waals surface area contributed by atoms with E-state index in [0.717, 1.165) is 14.2 Å². The molecule has 0 heterocycles. The first kappa shape index (κ1) is 29.2. The number of hydrogen-bond acceptors (Lipinski definition) is 4. The fourth-order valence-corrected chi connectivity index (χ4v) is 5.22. The molecule has 0 unspecified atom stereocenters. The Hall–Kier alpha value is -3.40. The Kier molecular flexibility index (Phi) is 10.3. The normalized spacial score (nSPS) is 12.1. The van der Waals surface area contributed by atoms with E-state index in [2.05, 4.69) is 5.32 Å². The molecule has 0 bridgehead atoms. The number of rotatable bonds is 12. The van der Waals surface area contributed by atoms with Crippen LogP contribution in [0, 0.1) is 0 Å². The van der Waals surface area contributed by atoms with Crippen LogP contribution in [0.1, 0.15) is 18.1 Å². The van der Waals surface area contributed by atoms with E-state index in [1.807, 2.05) is 30.3 Å². The lowest BCUT2D eigenvalue weighted by Crippen LogP contribution is -2.54. The number of halogens is 1. The van der Waals surface area contributed by atoms with Crippen LogP contribution in [-0.4, -0.2) is 62.7 Å². The molecule has 0 aliphatic carbocycles. The van der Waals surface area contributed by atoms with Crippen LogP contribution < -0.4 is 9.62 Å². The SMILES string of the molecule is CCNC(=O)[C@@H](Cc1ccccc1)N(Cc1ccccc1Cl)C(=O)CN(c1ccccc1)S(=O)(=O)N(C)C. The van der Waals surface area contributed by atoms with E-state index < -0.39 is 28.7 Å². The Morgan fingerprint density at radius 2 is 1.47 bits per heavy atom. The van der Waals surface area contributed by atoms with Crippen molar-refractivity contribution in [2.75, 3.05) is 31.5 Å². The number of carbonyl (C=O) groups excluding carboxylic acids is 2. The third-order valence-electron chi connectivity index (χ3n) is 5.98. The van der Waals surface area contributed by atoms with Crippen molar-refractivity contribution in [1.82, 2.24) is 14.5 Å². The van der Waals surface area contributed by atoms with Gasteiger partial charge >= 0.3 is 10.2 Å². The average molecular weight is 557 g/mol. The first-order valence-electron chi connectivity index (χ1n) is 12.2. The third kappa shape index (κ3) is 7.34. The molecule has 2 amide bonds. The zero-order valence-electron chi connectivity index (χ0n) is 21.7. The van der Waals surface area contributed by atoms with E-state index in [9.17, 15) is 18.0 Å². The molecule has 0 aliphatic heterocycles. The summed E-state index contributed by atoms with van der Waals surface area (Å²) >= 11 is 6.44. The van der Waals surface area contributed by atoms with Crippen molar-refractivity contribution in [3.05, 3.63) is 101 Å². The maximum absolute atomic E-state index is 14.0. The van der Waals surface area contributed by atoms with Crippen LogP contribution in [0.25, 0.3) is 0 Å². The molecular weight excluding hydrogens is 524 g/mol. The van der Waals surface area contributed by atoms with Gasteiger partial charge in [-0.25, -0.2) is 4.31 Å². The molecule has 1 atom stereocenters. The van der Waals surface area contributed by atoms with Crippen molar-refractivity contribution in [1.29, 1.82) is 0 Å². The minimum absolute atomic E-state index is 0.0256. The summed E-state index contributed by atoms with van der Waals surface area (Å²) in [4.78, 5) is 28.8. The molecule has 3 rings (SSSR count). The smallest absolute Gasteiger partial charge is 0.304 e. The number of anilines is 1. The molecule has 38 heavy (non-hydrogen) atoms. The summed E-state index contributed by atoms with van der Waals surface area (Å²) in [6.45, 7) is 1.71. The van der Waals surface area contributed by atoms with E-state index >= 15 is 0 Å². The molecule has 0 aliphatic rings. The van der Waals surface area contributed by atoms with E-state index in [4.69, 9.17) is 11.6 Å². The molecule has 202 valence electrons. The second-order valence-electron chi connectivity index (χ2n) is 8.85. The van der Waals surface area contributed by atoms with Crippen LogP contribution in [-0.2, 0) is 32.8 Å². The van der Waals surface area contributed by atoms with Crippen LogP contribution >= 0.6 is 11.6 Å². The van der Waals surface area contributed by atoms with Crippen molar-refractivity contribution in [2.45, 2.75) is 25.9 Å². The predicted molar refractivity (Wildman–Crippen MR) is 151 cm³/mol. The summed E-state index contributed by atoms with van der Waals surface area (Å²) in [6.07, 6.45) is 0.245. The molecule has 0 radical (unpaired) electrons. The van der Waals surface area contributed by atoms with Gasteiger partial charge < -0.3 is 10.2 Å². The minimum Gasteiger partial charge on any atom is -0.355 e. The van der Waals surface area contributed by atoms with Gasteiger partial charge in [0.25, 0.3) is 0 Å². The highest BCUT2D eigenvalue weighted by Gasteiger charge is 2.34. The molecule has 0 fully saturated rings. The third-order valence-corrected chi connectivity index (χ3v) is 8.17. The van der Waals surface area contributed by atoms with Crippen molar-refractivity contribution in [3.8, 4) is 0 Å². The highest BCUT2D eigenvalue weighted by molar-refractivity contribution is 7.90. The summed E-state index contributed by atoms with van der Waals surface area (Å²) in [5.41, 5.74) is 1.85. The number of likely N-dealkylation sites (N-methyl/N-ethyl adjacent to an activating group) is 1. The molecule has 0 saturated heterocycles. The fourth-order valence-electron chi connectivity index (χ4n) is 3.97. The highest BCUT2D eigenvalue weighted by atomic mass is 35.5. The second kappa shape index (κ2) is 13.4. The molecule has 3 aromatic rings. The van der Waals surface area contributed by atoms with Gasteiger partial charge in [0.2, 0.25) is 11.8 Å². The standard InChI is InChI=1S/C28H33ClN4O4S/c1-4-30-28(35)26(19-22-13-7-5-8-14-22)32(20-23-15-11-12-18-25(23)29)27(34)21-33(38(36,37)31(2)3)24-16-9-6-10-17-24/h5-18,26H,4,19-21H2,1-3H3,(H,30,35)/t26-/m1/s1. The minimum atomic E-state index is -4.02. The van der Waals surface area contributed by atoms with E-state index in [1.54, 1.807) is 61.5 Å². The summed E-state index contributed by atoms with van der Waals surface area (Å²) in [5, 5.41) is 3.27. The van der Waals surface area contributed by atoms with Crippen molar-refractivity contribution < 1.29 is 18.0 Å². The summed E-state index contributed by atoms with van der Waals surface area (Å²) in [5.74, 6) is -0.870. The van der Waals surface area contributed by atoms with Crippen LogP contribution in [0.2, 0.25) is 5.02 Å². The number of benzene rings is 3. The van der Waals surface area contributed by atoms with E-state index in [1.165, 1.54) is 19.0 Å². The zero-order chi connectivity index (χ0) is 27.7. The van der Waals surface area contributed by atoms with Gasteiger partial charge in [-0.3, -0.25) is 9.59 Å². The predicted octanol–water partition coefficient (Wildman–Crippen LogP) is 3.73. The largest absolute Gasteiger partial charge is 0.355 e. The van der Waals surface area contributed by atoms with Crippen LogP contribution in [0.3, 0.4) is 0 Å². The second-order valence-corrected chi connectivity index (χ2v) is 11.3. The molecule has 3 aromatic carbocycles. The number of nitrogens with one attached hydrogen (secondary N) is 1. The summed E-state index contributed by atoms with van der Waals surface area (Å²) < 4.78 is 28.7. The molecule has 10 heteroatoms. The maximum Gasteiger partial charge on any atom is 0.304 e. The molecule has 0 spiro atoms. The Bertz CT molecular complexity index is 1320. The van der Waals surface area contributed by atoms with Crippen molar-refractivity contribution in [3.63, 3.8) is 0 Å². The lowest BCUT2D eigenvalue weighted by molar-refractivity contribution is -0.140. The van der Waals surface area contributed by atoms with Crippen molar-refractivity contribution >= 4 is 39.3 Å². The summed E-state index contributed by atoms with van der Waals surface area (Å²) in [7, 11) is -1.21. The van der Waals surface area contributed by atoms with Gasteiger partial charge in [0.1, 0.15) is 12.6 Å².